The minimum Gasteiger partial charge on any atom is -0.491 e. The Labute approximate surface area is 219 Å². The number of aryl methyl sites for hydroxylation is 1. The van der Waals surface area contributed by atoms with E-state index in [2.05, 4.69) is 43.2 Å². The molecular formula is C27H32N6O3S. The molecule has 9 nitrogen and oxygen atoms in total. The third kappa shape index (κ3) is 4.95. The van der Waals surface area contributed by atoms with Crippen molar-refractivity contribution < 1.29 is 4.74 Å². The second kappa shape index (κ2) is 10.9. The number of aromatic amines is 1. The maximum atomic E-state index is 12.0. The largest absolute Gasteiger partial charge is 0.491 e. The van der Waals surface area contributed by atoms with Crippen LogP contribution in [0.2, 0.25) is 0 Å². The number of H-pyrrole nitrogens is 1. The second-order valence-corrected chi connectivity index (χ2v) is 10.5. The van der Waals surface area contributed by atoms with Gasteiger partial charge in [-0.25, -0.2) is 9.97 Å². The molecule has 0 bridgehead atoms. The van der Waals surface area contributed by atoms with Crippen LogP contribution in [0.5, 0.6) is 5.75 Å². The van der Waals surface area contributed by atoms with Gasteiger partial charge in [-0.15, -0.1) is 11.8 Å². The first-order valence-corrected chi connectivity index (χ1v) is 13.6. The molecule has 10 heteroatoms. The van der Waals surface area contributed by atoms with E-state index in [1.807, 2.05) is 12.1 Å². The normalized spacial score (nSPS) is 14.5. The molecule has 0 amide bonds. The number of hydrogen-bond acceptors (Lipinski definition) is 9. The van der Waals surface area contributed by atoms with Gasteiger partial charge in [0.15, 0.2) is 11.6 Å². The van der Waals surface area contributed by atoms with Gasteiger partial charge in [0.1, 0.15) is 6.33 Å². The Balaban J connectivity index is 1.24. The summed E-state index contributed by atoms with van der Waals surface area (Å²) in [5, 5.41) is 4.45. The van der Waals surface area contributed by atoms with Crippen LogP contribution in [0.15, 0.2) is 45.3 Å². The molecule has 194 valence electrons. The van der Waals surface area contributed by atoms with Crippen LogP contribution in [0.3, 0.4) is 0 Å². The number of nitrogens with one attached hydrogen (secondary N) is 2. The van der Waals surface area contributed by atoms with E-state index in [0.717, 1.165) is 73.2 Å². The highest BCUT2D eigenvalue weighted by molar-refractivity contribution is 7.99. The standard InChI is InChI=1S/C27H32N6O3S/c1-4-37-26-20(31-23-17(2)24(34)25(23)35)8-7-19-22(26)18(14-29-19)6-5-9-32-10-12-33(13-11-32)27-21(36-3)15-28-16-30-27/h7-8,14-16,29,31H,4-6,9-13H2,1-3H3. The third-order valence-corrected chi connectivity index (χ3v) is 8.05. The van der Waals surface area contributed by atoms with E-state index < -0.39 is 10.9 Å². The van der Waals surface area contributed by atoms with Crippen LogP contribution in [0, 0.1) is 6.92 Å². The maximum Gasteiger partial charge on any atom is 0.249 e. The quantitative estimate of drug-likeness (QED) is 0.240. The summed E-state index contributed by atoms with van der Waals surface area (Å²) in [6.07, 6.45) is 7.40. The van der Waals surface area contributed by atoms with Gasteiger partial charge >= 0.3 is 0 Å². The van der Waals surface area contributed by atoms with Crippen molar-refractivity contribution in [2.45, 2.75) is 31.6 Å². The van der Waals surface area contributed by atoms with Gasteiger partial charge in [0.05, 0.1) is 24.7 Å². The lowest BCUT2D eigenvalue weighted by molar-refractivity contribution is 0.253. The van der Waals surface area contributed by atoms with Crippen LogP contribution < -0.4 is 25.8 Å². The minimum absolute atomic E-state index is 0.396. The highest BCUT2D eigenvalue weighted by atomic mass is 32.2. The number of anilines is 3. The number of rotatable bonds is 10. The monoisotopic (exact) mass is 520 g/mol. The van der Waals surface area contributed by atoms with Gasteiger partial charge in [-0.3, -0.25) is 14.5 Å². The molecule has 0 spiro atoms. The number of hydrogen-bond donors (Lipinski definition) is 2. The van der Waals surface area contributed by atoms with Gasteiger partial charge in [-0.1, -0.05) is 6.92 Å². The van der Waals surface area contributed by atoms with Crippen molar-refractivity contribution in [2.24, 2.45) is 0 Å². The van der Waals surface area contributed by atoms with E-state index >= 15 is 0 Å². The number of benzene rings is 1. The molecule has 0 saturated carbocycles. The Morgan fingerprint density at radius 3 is 2.70 bits per heavy atom. The molecule has 4 aromatic rings. The lowest BCUT2D eigenvalue weighted by Crippen LogP contribution is -2.47. The van der Waals surface area contributed by atoms with E-state index in [1.54, 1.807) is 38.3 Å². The zero-order valence-electron chi connectivity index (χ0n) is 21.5. The van der Waals surface area contributed by atoms with Crippen LogP contribution in [0.25, 0.3) is 10.9 Å². The number of ether oxygens (including phenoxy) is 1. The summed E-state index contributed by atoms with van der Waals surface area (Å²) in [5.41, 5.74) is 3.34. The summed E-state index contributed by atoms with van der Waals surface area (Å²) in [7, 11) is 1.65. The molecule has 2 aromatic carbocycles. The fourth-order valence-electron chi connectivity index (χ4n) is 5.01. The van der Waals surface area contributed by atoms with E-state index in [0.29, 0.717) is 17.0 Å². The number of fused-ring (bicyclic) bond motifs is 1. The average molecular weight is 521 g/mol. The average Bonchev–Trinajstić information content (AvgIpc) is 3.35. The van der Waals surface area contributed by atoms with Crippen molar-refractivity contribution in [3.63, 3.8) is 0 Å². The number of nitrogens with zero attached hydrogens (tertiary/aromatic N) is 4. The fraction of sp³-hybridized carbons (Fsp3) is 0.407. The van der Waals surface area contributed by atoms with E-state index in [1.165, 1.54) is 10.9 Å². The molecule has 1 aliphatic heterocycles. The first-order valence-electron chi connectivity index (χ1n) is 12.7. The van der Waals surface area contributed by atoms with Gasteiger partial charge in [-0.05, 0) is 49.8 Å². The van der Waals surface area contributed by atoms with Crippen LogP contribution in [-0.2, 0) is 6.42 Å². The Morgan fingerprint density at radius 2 is 1.97 bits per heavy atom. The summed E-state index contributed by atoms with van der Waals surface area (Å²) < 4.78 is 5.42. The number of aromatic nitrogens is 3. The molecule has 1 fully saturated rings. The summed E-state index contributed by atoms with van der Waals surface area (Å²) in [6, 6.07) is 4.03. The molecule has 0 aliphatic carbocycles. The predicted octanol–water partition coefficient (Wildman–Crippen LogP) is 3.48. The predicted molar refractivity (Wildman–Crippen MR) is 150 cm³/mol. The summed E-state index contributed by atoms with van der Waals surface area (Å²) in [6.45, 7) is 8.62. The van der Waals surface area contributed by atoms with Crippen molar-refractivity contribution >= 4 is 39.9 Å². The number of thioether (sulfide) groups is 1. The smallest absolute Gasteiger partial charge is 0.249 e. The molecule has 5 rings (SSSR count). The molecule has 37 heavy (non-hydrogen) atoms. The molecule has 1 saturated heterocycles. The topological polar surface area (TPSA) is 103 Å². The van der Waals surface area contributed by atoms with Gasteiger partial charge in [0.25, 0.3) is 0 Å². The Hall–Kier alpha value is -3.37. The summed E-state index contributed by atoms with van der Waals surface area (Å²) in [5.74, 6) is 2.48. The molecule has 0 unspecified atom stereocenters. The van der Waals surface area contributed by atoms with Crippen molar-refractivity contribution in [2.75, 3.05) is 55.8 Å². The van der Waals surface area contributed by atoms with Crippen LogP contribution in [0.1, 0.15) is 24.5 Å². The molecule has 2 N–H and O–H groups in total. The molecular weight excluding hydrogens is 488 g/mol. The molecule has 0 radical (unpaired) electrons. The van der Waals surface area contributed by atoms with Gasteiger partial charge < -0.3 is 19.9 Å². The third-order valence-electron chi connectivity index (χ3n) is 7.05. The first-order chi connectivity index (χ1) is 18.0. The van der Waals surface area contributed by atoms with Crippen LogP contribution in [0.4, 0.5) is 17.2 Å². The maximum absolute atomic E-state index is 12.0. The molecule has 3 heterocycles. The summed E-state index contributed by atoms with van der Waals surface area (Å²) in [4.78, 5) is 41.5. The van der Waals surface area contributed by atoms with Crippen molar-refractivity contribution in [1.82, 2.24) is 19.9 Å². The van der Waals surface area contributed by atoms with Crippen molar-refractivity contribution in [3.8, 4) is 5.75 Å². The van der Waals surface area contributed by atoms with Crippen LogP contribution in [-0.4, -0.2) is 65.4 Å². The SMILES string of the molecule is CCSc1c(Nc2c(C)c(=O)c2=O)ccc2[nH]cc(CCCN3CCN(c4ncncc4OC)CC3)c12. The lowest BCUT2D eigenvalue weighted by Gasteiger charge is -2.35. The first kappa shape index (κ1) is 25.3. The minimum atomic E-state index is -0.433. The fourth-order valence-corrected chi connectivity index (χ4v) is 5.96. The van der Waals surface area contributed by atoms with Crippen molar-refractivity contribution in [1.29, 1.82) is 0 Å². The van der Waals surface area contributed by atoms with Gasteiger partial charge in [-0.2, -0.15) is 0 Å². The van der Waals surface area contributed by atoms with Crippen molar-refractivity contribution in [3.05, 3.63) is 62.4 Å². The van der Waals surface area contributed by atoms with E-state index in [9.17, 15) is 9.59 Å². The highest BCUT2D eigenvalue weighted by Gasteiger charge is 2.22. The Kier molecular flexibility index (Phi) is 7.48. The zero-order valence-corrected chi connectivity index (χ0v) is 22.3. The van der Waals surface area contributed by atoms with Gasteiger partial charge in [0, 0.05) is 53.7 Å². The van der Waals surface area contributed by atoms with Gasteiger partial charge in [0.2, 0.25) is 10.9 Å². The Morgan fingerprint density at radius 1 is 1.16 bits per heavy atom. The lowest BCUT2D eigenvalue weighted by atomic mass is 10.1. The van der Waals surface area contributed by atoms with Crippen LogP contribution >= 0.6 is 11.8 Å². The number of methoxy groups -OCH3 is 1. The van der Waals surface area contributed by atoms with E-state index in [4.69, 9.17) is 4.74 Å². The number of piperazine rings is 1. The zero-order chi connectivity index (χ0) is 25.9. The Bertz CT molecular complexity index is 1470. The molecule has 0 atom stereocenters. The molecule has 2 aromatic heterocycles. The second-order valence-electron chi connectivity index (χ2n) is 9.24. The molecule has 1 aliphatic rings. The highest BCUT2D eigenvalue weighted by Crippen LogP contribution is 2.38. The summed E-state index contributed by atoms with van der Waals surface area (Å²) >= 11 is 1.75. The van der Waals surface area contributed by atoms with E-state index in [-0.39, 0.29) is 0 Å².